The predicted octanol–water partition coefficient (Wildman–Crippen LogP) is 15.2. The zero-order valence-corrected chi connectivity index (χ0v) is 35.2. The Morgan fingerprint density at radius 3 is 0.652 bits per heavy atom. The molecule has 0 aliphatic rings. The minimum absolute atomic E-state index is 0.0441. The largest absolute Gasteiger partial charge is 0.507 e. The van der Waals surface area contributed by atoms with Crippen LogP contribution < -0.4 is 0 Å². The van der Waals surface area contributed by atoms with Crippen LogP contribution in [0, 0.1) is 0 Å². The molecule has 0 unspecified atom stereocenters. The normalized spacial score (nSPS) is 11.7. The Labute approximate surface area is 378 Å². The van der Waals surface area contributed by atoms with Crippen molar-refractivity contribution in [2.45, 2.75) is 0 Å². The van der Waals surface area contributed by atoms with E-state index >= 15 is 0 Å². The molecule has 0 radical (unpaired) electrons. The number of aromatic hydroxyl groups is 6. The van der Waals surface area contributed by atoms with Gasteiger partial charge >= 0.3 is 0 Å². The van der Waals surface area contributed by atoms with Crippen LogP contribution in [0.25, 0.3) is 120 Å². The van der Waals surface area contributed by atoms with Crippen molar-refractivity contribution in [2.24, 2.45) is 0 Å². The van der Waals surface area contributed by atoms with Crippen LogP contribution in [0.5, 0.6) is 34.5 Å². The lowest BCUT2D eigenvalue weighted by molar-refractivity contribution is 0.470. The first-order chi connectivity index (χ1) is 32.2. The van der Waals surface area contributed by atoms with Crippen LogP contribution in [0.4, 0.5) is 0 Å². The van der Waals surface area contributed by atoms with Gasteiger partial charge in [0, 0.05) is 33.4 Å². The molecule has 0 aliphatic carbocycles. The molecular weight excluding hydrogens is 817 g/mol. The van der Waals surface area contributed by atoms with Gasteiger partial charge in [-0.05, 0) is 148 Å². The third-order valence-electron chi connectivity index (χ3n) is 13.2. The Morgan fingerprint density at radius 1 is 0.182 bits per heavy atom. The first-order valence-corrected chi connectivity index (χ1v) is 21.7. The Balaban J connectivity index is 0.925. The van der Waals surface area contributed by atoms with Gasteiger partial charge in [-0.15, -0.1) is 0 Å². The molecule has 0 atom stereocenters. The molecule has 0 bridgehead atoms. The molecule has 0 fully saturated rings. The van der Waals surface area contributed by atoms with Gasteiger partial charge in [0.05, 0.1) is 0 Å². The van der Waals surface area contributed by atoms with Crippen molar-refractivity contribution in [3.63, 3.8) is 0 Å². The molecular formula is C60H38O6. The third-order valence-corrected chi connectivity index (χ3v) is 13.2. The molecule has 314 valence electrons. The average Bonchev–Trinajstić information content (AvgIpc) is 3.34. The summed E-state index contributed by atoms with van der Waals surface area (Å²) >= 11 is 0. The van der Waals surface area contributed by atoms with E-state index in [4.69, 9.17) is 0 Å². The van der Waals surface area contributed by atoms with E-state index in [-0.39, 0.29) is 34.5 Å². The molecule has 0 amide bonds. The van der Waals surface area contributed by atoms with Gasteiger partial charge in [0.2, 0.25) is 0 Å². The van der Waals surface area contributed by atoms with Gasteiger partial charge in [-0.1, -0.05) is 133 Å². The quantitative estimate of drug-likeness (QED) is 0.103. The number of benzene rings is 12. The molecule has 6 heteroatoms. The minimum Gasteiger partial charge on any atom is -0.507 e. The molecule has 0 heterocycles. The first kappa shape index (κ1) is 38.7. The third kappa shape index (κ3) is 6.04. The van der Waals surface area contributed by atoms with Gasteiger partial charge in [-0.3, -0.25) is 0 Å². The SMILES string of the molecule is Oc1ccc2ccccc2c1-c1c(O)ccc2cc(-c3ccc4c(-c5c(O)ccc6cc(-c7ccc8c(-c9c(O)ccc%10ccccc9%10)c(O)ccc8c7)ccc56)c(O)ccc4c3)ccc12. The second-order valence-corrected chi connectivity index (χ2v) is 16.9. The van der Waals surface area contributed by atoms with Crippen LogP contribution in [0.2, 0.25) is 0 Å². The van der Waals surface area contributed by atoms with Crippen LogP contribution in [-0.4, -0.2) is 30.6 Å². The number of fused-ring (bicyclic) bond motifs is 6. The fourth-order valence-corrected chi connectivity index (χ4v) is 10.1. The second kappa shape index (κ2) is 14.8. The molecule has 0 spiro atoms. The maximum absolute atomic E-state index is 11.5. The van der Waals surface area contributed by atoms with Gasteiger partial charge in [-0.25, -0.2) is 0 Å². The van der Waals surface area contributed by atoms with E-state index in [0.717, 1.165) is 86.9 Å². The molecule has 12 aromatic carbocycles. The second-order valence-electron chi connectivity index (χ2n) is 16.9. The zero-order chi connectivity index (χ0) is 44.8. The van der Waals surface area contributed by atoms with Gasteiger partial charge in [-0.2, -0.15) is 0 Å². The molecule has 12 rings (SSSR count). The highest BCUT2D eigenvalue weighted by Crippen LogP contribution is 2.49. The number of hydrogen-bond acceptors (Lipinski definition) is 6. The Bertz CT molecular complexity index is 3760. The van der Waals surface area contributed by atoms with E-state index in [1.807, 2.05) is 133 Å². The number of phenolic OH excluding ortho intramolecular Hbond substituents is 6. The van der Waals surface area contributed by atoms with Crippen molar-refractivity contribution < 1.29 is 30.6 Å². The van der Waals surface area contributed by atoms with Crippen molar-refractivity contribution in [1.29, 1.82) is 0 Å². The van der Waals surface area contributed by atoms with Crippen molar-refractivity contribution >= 4 is 64.6 Å². The van der Waals surface area contributed by atoms with Crippen LogP contribution in [-0.2, 0) is 0 Å². The van der Waals surface area contributed by atoms with Gasteiger partial charge in [0.25, 0.3) is 0 Å². The zero-order valence-electron chi connectivity index (χ0n) is 35.2. The molecule has 0 saturated carbocycles. The molecule has 12 aromatic rings. The number of hydrogen-bond donors (Lipinski definition) is 6. The lowest BCUT2D eigenvalue weighted by atomic mass is 9.88. The highest BCUT2D eigenvalue weighted by atomic mass is 16.3. The maximum atomic E-state index is 11.5. The van der Waals surface area contributed by atoms with Crippen LogP contribution >= 0.6 is 0 Å². The van der Waals surface area contributed by atoms with E-state index in [1.54, 1.807) is 36.4 Å². The van der Waals surface area contributed by atoms with E-state index in [9.17, 15) is 30.6 Å². The smallest absolute Gasteiger partial charge is 0.124 e. The van der Waals surface area contributed by atoms with Gasteiger partial charge < -0.3 is 30.6 Å². The Morgan fingerprint density at radius 2 is 0.394 bits per heavy atom. The van der Waals surface area contributed by atoms with E-state index < -0.39 is 0 Å². The molecule has 0 aliphatic heterocycles. The summed E-state index contributed by atoms with van der Waals surface area (Å²) in [6.07, 6.45) is 0. The van der Waals surface area contributed by atoms with Crippen molar-refractivity contribution in [3.8, 4) is 90.1 Å². The van der Waals surface area contributed by atoms with Crippen molar-refractivity contribution in [1.82, 2.24) is 0 Å². The minimum atomic E-state index is 0.0441. The lowest BCUT2D eigenvalue weighted by Crippen LogP contribution is -1.90. The van der Waals surface area contributed by atoms with Gasteiger partial charge in [0.1, 0.15) is 34.5 Å². The highest BCUT2D eigenvalue weighted by Gasteiger charge is 2.21. The summed E-state index contributed by atoms with van der Waals surface area (Å²) < 4.78 is 0. The number of rotatable bonds is 5. The summed E-state index contributed by atoms with van der Waals surface area (Å²) in [6, 6.07) is 61.1. The topological polar surface area (TPSA) is 121 Å². The van der Waals surface area contributed by atoms with Crippen LogP contribution in [0.15, 0.2) is 194 Å². The number of phenols is 6. The maximum Gasteiger partial charge on any atom is 0.124 e. The first-order valence-electron chi connectivity index (χ1n) is 21.7. The summed E-state index contributed by atoms with van der Waals surface area (Å²) in [6.45, 7) is 0. The van der Waals surface area contributed by atoms with E-state index in [1.165, 1.54) is 0 Å². The van der Waals surface area contributed by atoms with Gasteiger partial charge in [0.15, 0.2) is 0 Å². The summed E-state index contributed by atoms with van der Waals surface area (Å²) in [4.78, 5) is 0. The molecule has 0 saturated heterocycles. The van der Waals surface area contributed by atoms with E-state index in [2.05, 4.69) is 24.3 Å². The highest BCUT2D eigenvalue weighted by molar-refractivity contribution is 6.14. The predicted molar refractivity (Wildman–Crippen MR) is 269 cm³/mol. The fraction of sp³-hybridized carbons (Fsp3) is 0. The summed E-state index contributed by atoms with van der Waals surface area (Å²) in [5.41, 5.74) is 7.15. The Hall–Kier alpha value is -9.00. The fourth-order valence-electron chi connectivity index (χ4n) is 10.1. The van der Waals surface area contributed by atoms with Crippen molar-refractivity contribution in [3.05, 3.63) is 194 Å². The van der Waals surface area contributed by atoms with Crippen molar-refractivity contribution in [2.75, 3.05) is 0 Å². The summed E-state index contributed by atoms with van der Waals surface area (Å²) in [7, 11) is 0. The molecule has 6 N–H and O–H groups in total. The average molecular weight is 855 g/mol. The Kier molecular flexibility index (Phi) is 8.67. The molecule has 6 nitrogen and oxygen atoms in total. The van der Waals surface area contributed by atoms with Crippen LogP contribution in [0.3, 0.4) is 0 Å². The summed E-state index contributed by atoms with van der Waals surface area (Å²) in [5.74, 6) is 0.434. The molecule has 66 heavy (non-hydrogen) atoms. The van der Waals surface area contributed by atoms with Crippen LogP contribution in [0.1, 0.15) is 0 Å². The summed E-state index contributed by atoms with van der Waals surface area (Å²) in [5, 5.41) is 77.9. The monoisotopic (exact) mass is 854 g/mol. The standard InChI is InChI=1S/C60H38O6/c61-49-23-13-33-5-1-3-7-43(33)55(49)57-45-19-9-35(29-39(45)15-25-51(57)63)37-11-21-47-41(31-37)17-27-53(65)59(47)60-48-22-12-38(32-42(48)18-28-54(60)66)36-10-20-46-40(30-36)16-26-52(64)58(46)56-44-8-4-2-6-34(44)14-24-50(56)62/h1-32,61-66H. The van der Waals surface area contributed by atoms with E-state index in [0.29, 0.717) is 33.4 Å². The molecule has 0 aromatic heterocycles. The lowest BCUT2D eigenvalue weighted by Gasteiger charge is -2.17.